The normalized spacial score (nSPS) is 15.2. The smallest absolute Gasteiger partial charge is 0.289 e. The molecule has 0 radical (unpaired) electrons. The van der Waals surface area contributed by atoms with Crippen LogP contribution >= 0.6 is 0 Å². The van der Waals surface area contributed by atoms with Gasteiger partial charge in [-0.3, -0.25) is 19.3 Å². The van der Waals surface area contributed by atoms with Crippen molar-refractivity contribution < 1.29 is 18.8 Å². The van der Waals surface area contributed by atoms with Crippen LogP contribution in [0.15, 0.2) is 71.1 Å². The highest BCUT2D eigenvalue weighted by Gasteiger charge is 2.32. The number of ketones is 1. The van der Waals surface area contributed by atoms with Crippen LogP contribution in [0, 0.1) is 6.92 Å². The van der Waals surface area contributed by atoms with Crippen LogP contribution in [0.2, 0.25) is 0 Å². The summed E-state index contributed by atoms with van der Waals surface area (Å²) in [6, 6.07) is 19.5. The topological polar surface area (TPSA) is 82.9 Å². The first-order chi connectivity index (χ1) is 15.9. The van der Waals surface area contributed by atoms with Crippen molar-refractivity contribution in [2.75, 3.05) is 31.5 Å². The van der Waals surface area contributed by atoms with Crippen LogP contribution < -0.4 is 5.32 Å². The molecule has 7 nitrogen and oxygen atoms in total. The number of Topliss-reactive ketones (excluding diaryl/α,β-unsaturated/α-hetero) is 1. The van der Waals surface area contributed by atoms with Gasteiger partial charge < -0.3 is 14.6 Å². The van der Waals surface area contributed by atoms with E-state index in [1.165, 1.54) is 6.92 Å². The molecule has 0 spiro atoms. The summed E-state index contributed by atoms with van der Waals surface area (Å²) in [5, 5.41) is 2.97. The number of hydrogen-bond acceptors (Lipinski definition) is 5. The van der Waals surface area contributed by atoms with Crippen molar-refractivity contribution in [2.24, 2.45) is 0 Å². The Morgan fingerprint density at radius 1 is 0.909 bits per heavy atom. The predicted octanol–water partition coefficient (Wildman–Crippen LogP) is 3.93. The van der Waals surface area contributed by atoms with Gasteiger partial charge in [0.15, 0.2) is 11.5 Å². The molecule has 170 valence electrons. The van der Waals surface area contributed by atoms with Crippen molar-refractivity contribution in [1.82, 2.24) is 9.80 Å². The Hall–Kier alpha value is -3.71. The van der Waals surface area contributed by atoms with Gasteiger partial charge in [0.2, 0.25) is 5.91 Å². The standard InChI is InChI=1S/C26H27N3O4/c1-18-11-12-23(33-18)26(32)29-15-13-28(14-16-29)24(20-7-4-3-5-8-20)25(31)27-22-10-6-9-21(17-22)19(2)30/h3-12,17,24H,13-16H2,1-2H3,(H,27,31). The molecular formula is C26H27N3O4. The van der Waals surface area contributed by atoms with E-state index in [1.54, 1.807) is 41.3 Å². The molecule has 2 amide bonds. The zero-order valence-corrected chi connectivity index (χ0v) is 18.8. The van der Waals surface area contributed by atoms with Crippen molar-refractivity contribution in [3.05, 3.63) is 89.4 Å². The Morgan fingerprint density at radius 2 is 1.64 bits per heavy atom. The minimum atomic E-state index is -0.518. The van der Waals surface area contributed by atoms with Crippen molar-refractivity contribution in [1.29, 1.82) is 0 Å². The molecule has 1 aliphatic rings. The number of nitrogens with zero attached hydrogens (tertiary/aromatic N) is 2. The zero-order chi connectivity index (χ0) is 23.4. The van der Waals surface area contributed by atoms with Gasteiger partial charge in [0.25, 0.3) is 5.91 Å². The second-order valence-corrected chi connectivity index (χ2v) is 8.18. The molecule has 0 aliphatic carbocycles. The van der Waals surface area contributed by atoms with E-state index in [4.69, 9.17) is 4.42 Å². The van der Waals surface area contributed by atoms with Gasteiger partial charge in [-0.25, -0.2) is 0 Å². The molecule has 0 bridgehead atoms. The SMILES string of the molecule is CC(=O)c1cccc(NC(=O)C(c2ccccc2)N2CCN(C(=O)c3ccc(C)o3)CC2)c1. The Kier molecular flexibility index (Phi) is 6.70. The molecule has 1 aliphatic heterocycles. The Bertz CT molecular complexity index is 1150. The van der Waals surface area contributed by atoms with Gasteiger partial charge in [-0.1, -0.05) is 42.5 Å². The summed E-state index contributed by atoms with van der Waals surface area (Å²) in [5.74, 6) is 0.668. The van der Waals surface area contributed by atoms with Gasteiger partial charge in [-0.2, -0.15) is 0 Å². The summed E-state index contributed by atoms with van der Waals surface area (Å²) >= 11 is 0. The van der Waals surface area contributed by atoms with Crippen LogP contribution in [-0.4, -0.2) is 53.6 Å². The van der Waals surface area contributed by atoms with Gasteiger partial charge in [0.1, 0.15) is 11.8 Å². The van der Waals surface area contributed by atoms with Gasteiger partial charge in [0, 0.05) is 37.4 Å². The number of rotatable bonds is 6. The van der Waals surface area contributed by atoms with Crippen LogP contribution in [-0.2, 0) is 4.79 Å². The lowest BCUT2D eigenvalue weighted by atomic mass is 10.0. The number of hydrogen-bond donors (Lipinski definition) is 1. The highest BCUT2D eigenvalue weighted by atomic mass is 16.3. The Morgan fingerprint density at radius 3 is 2.27 bits per heavy atom. The average Bonchev–Trinajstić information content (AvgIpc) is 3.26. The van der Waals surface area contributed by atoms with Crippen molar-refractivity contribution in [3.8, 4) is 0 Å². The molecule has 1 N–H and O–H groups in total. The average molecular weight is 446 g/mol. The fraction of sp³-hybridized carbons (Fsp3) is 0.269. The van der Waals surface area contributed by atoms with E-state index in [1.807, 2.05) is 37.3 Å². The van der Waals surface area contributed by atoms with E-state index < -0.39 is 6.04 Å². The van der Waals surface area contributed by atoms with Crippen molar-refractivity contribution in [3.63, 3.8) is 0 Å². The highest BCUT2D eigenvalue weighted by molar-refractivity contribution is 5.99. The number of carbonyl (C=O) groups is 3. The third-order valence-electron chi connectivity index (χ3n) is 5.82. The van der Waals surface area contributed by atoms with Crippen molar-refractivity contribution in [2.45, 2.75) is 19.9 Å². The molecule has 1 saturated heterocycles. The lowest BCUT2D eigenvalue weighted by Crippen LogP contribution is -2.51. The fourth-order valence-corrected chi connectivity index (χ4v) is 4.08. The van der Waals surface area contributed by atoms with E-state index in [-0.39, 0.29) is 17.6 Å². The van der Waals surface area contributed by atoms with E-state index in [0.717, 1.165) is 5.56 Å². The summed E-state index contributed by atoms with van der Waals surface area (Å²) in [6.45, 7) is 5.39. The number of carbonyl (C=O) groups excluding carboxylic acids is 3. The quantitative estimate of drug-likeness (QED) is 0.582. The first-order valence-electron chi connectivity index (χ1n) is 11.0. The van der Waals surface area contributed by atoms with Crippen LogP contribution in [0.3, 0.4) is 0 Å². The second-order valence-electron chi connectivity index (χ2n) is 8.18. The van der Waals surface area contributed by atoms with E-state index in [9.17, 15) is 14.4 Å². The predicted molar refractivity (Wildman–Crippen MR) is 125 cm³/mol. The fourth-order valence-electron chi connectivity index (χ4n) is 4.08. The monoisotopic (exact) mass is 445 g/mol. The maximum Gasteiger partial charge on any atom is 0.289 e. The van der Waals surface area contributed by atoms with E-state index in [0.29, 0.717) is 49.0 Å². The molecular weight excluding hydrogens is 418 g/mol. The highest BCUT2D eigenvalue weighted by Crippen LogP contribution is 2.25. The van der Waals surface area contributed by atoms with Gasteiger partial charge in [-0.15, -0.1) is 0 Å². The van der Waals surface area contributed by atoms with E-state index >= 15 is 0 Å². The minimum Gasteiger partial charge on any atom is -0.456 e. The van der Waals surface area contributed by atoms with Crippen molar-refractivity contribution >= 4 is 23.3 Å². The lowest BCUT2D eigenvalue weighted by Gasteiger charge is -2.38. The maximum atomic E-state index is 13.4. The number of piperazine rings is 1. The molecule has 2 heterocycles. The Labute approximate surface area is 193 Å². The van der Waals surface area contributed by atoms with Gasteiger partial charge in [-0.05, 0) is 43.7 Å². The summed E-state index contributed by atoms with van der Waals surface area (Å²) in [6.07, 6.45) is 0. The second kappa shape index (κ2) is 9.83. The molecule has 1 atom stereocenters. The molecule has 1 aromatic heterocycles. The molecule has 7 heteroatoms. The van der Waals surface area contributed by atoms with E-state index in [2.05, 4.69) is 10.2 Å². The summed E-state index contributed by atoms with van der Waals surface area (Å²) in [4.78, 5) is 41.7. The van der Waals surface area contributed by atoms with Crippen LogP contribution in [0.25, 0.3) is 0 Å². The zero-order valence-electron chi connectivity index (χ0n) is 18.8. The number of furan rings is 1. The van der Waals surface area contributed by atoms with Gasteiger partial charge in [0.05, 0.1) is 0 Å². The molecule has 3 aromatic rings. The van der Waals surface area contributed by atoms with Crippen LogP contribution in [0.4, 0.5) is 5.69 Å². The van der Waals surface area contributed by atoms with Crippen LogP contribution in [0.5, 0.6) is 0 Å². The third-order valence-corrected chi connectivity index (χ3v) is 5.82. The number of benzene rings is 2. The largest absolute Gasteiger partial charge is 0.456 e. The molecule has 1 unspecified atom stereocenters. The Balaban J connectivity index is 1.50. The number of aryl methyl sites for hydroxylation is 1. The first-order valence-corrected chi connectivity index (χ1v) is 11.0. The molecule has 1 fully saturated rings. The first kappa shape index (κ1) is 22.5. The van der Waals surface area contributed by atoms with Gasteiger partial charge >= 0.3 is 0 Å². The number of nitrogens with one attached hydrogen (secondary N) is 1. The third kappa shape index (κ3) is 5.21. The molecule has 33 heavy (non-hydrogen) atoms. The molecule has 0 saturated carbocycles. The summed E-state index contributed by atoms with van der Waals surface area (Å²) in [7, 11) is 0. The number of amides is 2. The summed E-state index contributed by atoms with van der Waals surface area (Å²) < 4.78 is 5.48. The number of anilines is 1. The minimum absolute atomic E-state index is 0.0572. The summed E-state index contributed by atoms with van der Waals surface area (Å²) in [5.41, 5.74) is 2.00. The molecule has 4 rings (SSSR count). The lowest BCUT2D eigenvalue weighted by molar-refractivity contribution is -0.122. The molecule has 2 aromatic carbocycles. The maximum absolute atomic E-state index is 13.4. The van der Waals surface area contributed by atoms with Crippen LogP contribution in [0.1, 0.15) is 45.2 Å².